The van der Waals surface area contributed by atoms with Crippen LogP contribution in [0, 0.1) is 5.41 Å². The van der Waals surface area contributed by atoms with Gasteiger partial charge in [-0.2, -0.15) is 0 Å². The molecule has 0 fully saturated rings. The Morgan fingerprint density at radius 2 is 1.64 bits per heavy atom. The lowest BCUT2D eigenvalue weighted by atomic mass is 9.95. The van der Waals surface area contributed by atoms with E-state index in [0.29, 0.717) is 11.4 Å². The van der Waals surface area contributed by atoms with Crippen LogP contribution in [0.3, 0.4) is 0 Å². The van der Waals surface area contributed by atoms with Gasteiger partial charge in [-0.15, -0.1) is 0 Å². The van der Waals surface area contributed by atoms with Crippen molar-refractivity contribution in [3.8, 4) is 0 Å². The number of nitrogens with zero attached hydrogens (tertiary/aromatic N) is 1. The lowest BCUT2D eigenvalue weighted by Gasteiger charge is -2.17. The van der Waals surface area contributed by atoms with Crippen molar-refractivity contribution in [1.29, 1.82) is 0 Å². The van der Waals surface area contributed by atoms with Crippen LogP contribution in [0.25, 0.3) is 10.9 Å². The molecule has 0 atom stereocenters. The van der Waals surface area contributed by atoms with Gasteiger partial charge in [0.2, 0.25) is 5.91 Å². The van der Waals surface area contributed by atoms with E-state index < -0.39 is 15.4 Å². The molecule has 6 nitrogen and oxygen atoms in total. The zero-order valence-corrected chi connectivity index (χ0v) is 17.3. The third-order valence-electron chi connectivity index (χ3n) is 4.47. The Hall–Kier alpha value is -2.80. The number of nitrogens with one attached hydrogen (secondary N) is 2. The fourth-order valence-corrected chi connectivity index (χ4v) is 3.87. The van der Waals surface area contributed by atoms with E-state index in [1.807, 2.05) is 46.0 Å². The predicted octanol–water partition coefficient (Wildman–Crippen LogP) is 4.45. The molecule has 0 aliphatic heterocycles. The SMILES string of the molecule is CCn1ccc2cc(S(=O)(=O)Nc3ccc(NC(=O)C(C)(C)C)cc3)ccc21. The highest BCUT2D eigenvalue weighted by Crippen LogP contribution is 2.24. The van der Waals surface area contributed by atoms with E-state index in [4.69, 9.17) is 0 Å². The highest BCUT2D eigenvalue weighted by molar-refractivity contribution is 7.92. The molecule has 1 amide bonds. The minimum absolute atomic E-state index is 0.104. The second kappa shape index (κ2) is 7.31. The van der Waals surface area contributed by atoms with Gasteiger partial charge in [-0.1, -0.05) is 20.8 Å². The molecule has 0 spiro atoms. The van der Waals surface area contributed by atoms with Crippen LogP contribution in [-0.4, -0.2) is 18.9 Å². The lowest BCUT2D eigenvalue weighted by Crippen LogP contribution is -2.27. The number of fused-ring (bicyclic) bond motifs is 1. The predicted molar refractivity (Wildman–Crippen MR) is 113 cm³/mol. The first kappa shape index (κ1) is 19.9. The maximum Gasteiger partial charge on any atom is 0.261 e. The summed E-state index contributed by atoms with van der Waals surface area (Å²) in [6.45, 7) is 8.36. The van der Waals surface area contributed by atoms with Crippen LogP contribution < -0.4 is 10.0 Å². The Balaban J connectivity index is 1.78. The van der Waals surface area contributed by atoms with Crippen molar-refractivity contribution >= 4 is 38.2 Å². The first-order valence-electron chi connectivity index (χ1n) is 9.13. The quantitative estimate of drug-likeness (QED) is 0.665. The molecule has 0 saturated heterocycles. The molecule has 3 aromatic rings. The van der Waals surface area contributed by atoms with Crippen molar-refractivity contribution in [2.75, 3.05) is 10.0 Å². The summed E-state index contributed by atoms with van der Waals surface area (Å²) in [5, 5.41) is 3.69. The number of aromatic nitrogens is 1. The first-order chi connectivity index (χ1) is 13.1. The molecule has 1 aromatic heterocycles. The number of hydrogen-bond donors (Lipinski definition) is 2. The standard InChI is InChI=1S/C21H25N3O3S/c1-5-24-13-12-15-14-18(10-11-19(15)24)28(26,27)23-17-8-6-16(7-9-17)22-20(25)21(2,3)4/h6-14,23H,5H2,1-4H3,(H,22,25). The molecule has 2 aromatic carbocycles. The Labute approximate surface area is 165 Å². The van der Waals surface area contributed by atoms with E-state index in [0.717, 1.165) is 17.4 Å². The van der Waals surface area contributed by atoms with Crippen molar-refractivity contribution in [2.45, 2.75) is 39.1 Å². The average molecular weight is 400 g/mol. The van der Waals surface area contributed by atoms with E-state index in [1.54, 1.807) is 36.4 Å². The van der Waals surface area contributed by atoms with Gasteiger partial charge in [0.25, 0.3) is 10.0 Å². The van der Waals surface area contributed by atoms with Crippen LogP contribution in [0.1, 0.15) is 27.7 Å². The number of sulfonamides is 1. The van der Waals surface area contributed by atoms with Gasteiger partial charge in [0.1, 0.15) is 0 Å². The number of carbonyl (C=O) groups is 1. The van der Waals surface area contributed by atoms with Crippen LogP contribution in [0.4, 0.5) is 11.4 Å². The molecule has 0 radical (unpaired) electrons. The summed E-state index contributed by atoms with van der Waals surface area (Å²) in [6.07, 6.45) is 1.94. The van der Waals surface area contributed by atoms with E-state index in [2.05, 4.69) is 14.6 Å². The van der Waals surface area contributed by atoms with Gasteiger partial charge in [0.15, 0.2) is 0 Å². The Kier molecular flexibility index (Phi) is 5.21. The first-order valence-corrected chi connectivity index (χ1v) is 10.6. The van der Waals surface area contributed by atoms with Crippen LogP contribution >= 0.6 is 0 Å². The molecule has 0 unspecified atom stereocenters. The molecule has 1 heterocycles. The van der Waals surface area contributed by atoms with E-state index in [-0.39, 0.29) is 10.8 Å². The summed E-state index contributed by atoms with van der Waals surface area (Å²) in [5.41, 5.74) is 1.54. The van der Waals surface area contributed by atoms with Gasteiger partial charge in [-0.3, -0.25) is 9.52 Å². The zero-order valence-electron chi connectivity index (χ0n) is 16.5. The number of amides is 1. The van der Waals surface area contributed by atoms with E-state index in [1.165, 1.54) is 0 Å². The fraction of sp³-hybridized carbons (Fsp3) is 0.286. The molecule has 148 valence electrons. The average Bonchev–Trinajstić information content (AvgIpc) is 3.04. The van der Waals surface area contributed by atoms with Crippen LogP contribution in [0.2, 0.25) is 0 Å². The van der Waals surface area contributed by atoms with Crippen molar-refractivity contribution in [1.82, 2.24) is 4.57 Å². The number of benzene rings is 2. The molecular formula is C21H25N3O3S. The third kappa shape index (κ3) is 4.20. The van der Waals surface area contributed by atoms with Crippen molar-refractivity contribution in [3.05, 3.63) is 54.7 Å². The molecule has 3 rings (SSSR count). The summed E-state index contributed by atoms with van der Waals surface area (Å²) in [6, 6.07) is 13.6. The third-order valence-corrected chi connectivity index (χ3v) is 5.85. The molecular weight excluding hydrogens is 374 g/mol. The van der Waals surface area contributed by atoms with Gasteiger partial charge in [0, 0.05) is 40.4 Å². The number of hydrogen-bond acceptors (Lipinski definition) is 3. The topological polar surface area (TPSA) is 80.2 Å². The van der Waals surface area contributed by atoms with Gasteiger partial charge >= 0.3 is 0 Å². The smallest absolute Gasteiger partial charge is 0.261 e. The fourth-order valence-electron chi connectivity index (χ4n) is 2.78. The lowest BCUT2D eigenvalue weighted by molar-refractivity contribution is -0.123. The second-order valence-electron chi connectivity index (χ2n) is 7.71. The Morgan fingerprint density at radius 3 is 2.25 bits per heavy atom. The van der Waals surface area contributed by atoms with Gasteiger partial charge in [-0.05, 0) is 55.5 Å². The summed E-state index contributed by atoms with van der Waals surface area (Å²) >= 11 is 0. The minimum Gasteiger partial charge on any atom is -0.348 e. The van der Waals surface area contributed by atoms with E-state index >= 15 is 0 Å². The van der Waals surface area contributed by atoms with E-state index in [9.17, 15) is 13.2 Å². The molecule has 0 aliphatic rings. The van der Waals surface area contributed by atoms with Crippen molar-refractivity contribution in [2.24, 2.45) is 5.41 Å². The Morgan fingerprint density at radius 1 is 1.00 bits per heavy atom. The number of aryl methyl sites for hydroxylation is 1. The largest absolute Gasteiger partial charge is 0.348 e. The monoisotopic (exact) mass is 399 g/mol. The number of carbonyl (C=O) groups excluding carboxylic acids is 1. The summed E-state index contributed by atoms with van der Waals surface area (Å²) in [5.74, 6) is -0.104. The van der Waals surface area contributed by atoms with Gasteiger partial charge < -0.3 is 9.88 Å². The minimum atomic E-state index is -3.71. The highest BCUT2D eigenvalue weighted by Gasteiger charge is 2.21. The highest BCUT2D eigenvalue weighted by atomic mass is 32.2. The molecule has 7 heteroatoms. The molecule has 0 saturated carbocycles. The van der Waals surface area contributed by atoms with Crippen molar-refractivity contribution in [3.63, 3.8) is 0 Å². The molecule has 28 heavy (non-hydrogen) atoms. The maximum atomic E-state index is 12.7. The number of rotatable bonds is 5. The van der Waals surface area contributed by atoms with Crippen LogP contribution in [0.15, 0.2) is 59.6 Å². The Bertz CT molecular complexity index is 1110. The zero-order chi connectivity index (χ0) is 20.5. The molecule has 0 bridgehead atoms. The summed E-state index contributed by atoms with van der Waals surface area (Å²) < 4.78 is 30.1. The van der Waals surface area contributed by atoms with Crippen molar-refractivity contribution < 1.29 is 13.2 Å². The summed E-state index contributed by atoms with van der Waals surface area (Å²) in [7, 11) is -3.71. The van der Waals surface area contributed by atoms with Crippen LogP contribution in [0.5, 0.6) is 0 Å². The van der Waals surface area contributed by atoms with Crippen LogP contribution in [-0.2, 0) is 21.4 Å². The number of anilines is 2. The maximum absolute atomic E-state index is 12.7. The van der Waals surface area contributed by atoms with Gasteiger partial charge in [0.05, 0.1) is 4.90 Å². The second-order valence-corrected chi connectivity index (χ2v) is 9.39. The molecule has 2 N–H and O–H groups in total. The van der Waals surface area contributed by atoms with Gasteiger partial charge in [-0.25, -0.2) is 8.42 Å². The normalized spacial score (nSPS) is 12.1. The summed E-state index contributed by atoms with van der Waals surface area (Å²) in [4.78, 5) is 12.2. The molecule has 0 aliphatic carbocycles.